The first-order valence-electron chi connectivity index (χ1n) is 9.34. The van der Waals surface area contributed by atoms with Crippen molar-refractivity contribution in [1.29, 1.82) is 0 Å². The van der Waals surface area contributed by atoms with E-state index in [0.29, 0.717) is 18.7 Å². The molecule has 0 saturated carbocycles. The van der Waals surface area contributed by atoms with Crippen molar-refractivity contribution in [2.45, 2.75) is 19.3 Å². The molecule has 0 fully saturated rings. The predicted octanol–water partition coefficient (Wildman–Crippen LogP) is 4.45. The number of carbonyl (C=O) groups excluding carboxylic acids is 2. The number of aromatic nitrogens is 1. The number of H-pyrrole nitrogens is 1. The van der Waals surface area contributed by atoms with Gasteiger partial charge in [-0.3, -0.25) is 9.59 Å². The van der Waals surface area contributed by atoms with Crippen molar-refractivity contribution < 1.29 is 9.59 Å². The number of rotatable bonds is 5. The summed E-state index contributed by atoms with van der Waals surface area (Å²) in [4.78, 5) is 30.0. The van der Waals surface area contributed by atoms with Crippen LogP contribution in [0, 0.1) is 0 Å². The monoisotopic (exact) mass is 358 g/mol. The molecule has 136 valence electrons. The summed E-state index contributed by atoms with van der Waals surface area (Å²) < 4.78 is 0. The standard InChI is InChI=1S/C23H22N2O2/c26-22(20-16-24-21-9-5-4-8-19(20)21)10-11-23(27)25-14-12-18(13-15-25)17-6-2-1-3-7-17/h1-9,12,16,24H,10-11,13-15H2. The number of benzene rings is 2. The molecule has 27 heavy (non-hydrogen) atoms. The van der Waals surface area contributed by atoms with Gasteiger partial charge < -0.3 is 9.88 Å². The highest BCUT2D eigenvalue weighted by atomic mass is 16.2. The lowest BCUT2D eigenvalue weighted by atomic mass is 9.99. The summed E-state index contributed by atoms with van der Waals surface area (Å²) in [6.45, 7) is 1.32. The van der Waals surface area contributed by atoms with Crippen LogP contribution in [0.25, 0.3) is 16.5 Å². The van der Waals surface area contributed by atoms with Crippen molar-refractivity contribution in [2.24, 2.45) is 0 Å². The normalized spacial score (nSPS) is 14.2. The topological polar surface area (TPSA) is 53.2 Å². The molecule has 0 atom stereocenters. The zero-order valence-electron chi connectivity index (χ0n) is 15.2. The predicted molar refractivity (Wildman–Crippen MR) is 107 cm³/mol. The first kappa shape index (κ1) is 17.3. The Morgan fingerprint density at radius 2 is 1.74 bits per heavy atom. The molecule has 1 amide bonds. The number of carbonyl (C=O) groups is 2. The van der Waals surface area contributed by atoms with Crippen LogP contribution in [0.5, 0.6) is 0 Å². The third-order valence-corrected chi connectivity index (χ3v) is 5.16. The first-order chi connectivity index (χ1) is 13.2. The minimum Gasteiger partial charge on any atom is -0.360 e. The molecule has 1 aromatic heterocycles. The van der Waals surface area contributed by atoms with Crippen LogP contribution in [0.3, 0.4) is 0 Å². The molecule has 3 aromatic rings. The van der Waals surface area contributed by atoms with Gasteiger partial charge >= 0.3 is 0 Å². The van der Waals surface area contributed by atoms with E-state index in [2.05, 4.69) is 23.2 Å². The van der Waals surface area contributed by atoms with Gasteiger partial charge in [0.05, 0.1) is 0 Å². The summed E-state index contributed by atoms with van der Waals surface area (Å²) in [5.74, 6) is 0.0601. The molecule has 2 aromatic carbocycles. The van der Waals surface area contributed by atoms with E-state index in [4.69, 9.17) is 0 Å². The molecular formula is C23H22N2O2. The second-order valence-electron chi connectivity index (χ2n) is 6.86. The largest absolute Gasteiger partial charge is 0.360 e. The number of nitrogens with one attached hydrogen (secondary N) is 1. The maximum Gasteiger partial charge on any atom is 0.223 e. The molecule has 1 aliphatic heterocycles. The van der Waals surface area contributed by atoms with Gasteiger partial charge in [-0.25, -0.2) is 0 Å². The molecule has 4 heteroatoms. The van der Waals surface area contributed by atoms with E-state index >= 15 is 0 Å². The van der Waals surface area contributed by atoms with E-state index in [-0.39, 0.29) is 24.5 Å². The van der Waals surface area contributed by atoms with E-state index in [0.717, 1.165) is 17.3 Å². The highest BCUT2D eigenvalue weighted by Gasteiger charge is 2.20. The van der Waals surface area contributed by atoms with Crippen molar-refractivity contribution in [3.63, 3.8) is 0 Å². The molecule has 0 aliphatic carbocycles. The summed E-state index contributed by atoms with van der Waals surface area (Å²) in [6, 6.07) is 18.0. The Labute approximate surface area is 158 Å². The lowest BCUT2D eigenvalue weighted by molar-refractivity contribution is -0.130. The van der Waals surface area contributed by atoms with E-state index in [1.165, 1.54) is 11.1 Å². The minimum atomic E-state index is 0.0123. The summed E-state index contributed by atoms with van der Waals surface area (Å²) in [7, 11) is 0. The van der Waals surface area contributed by atoms with Gasteiger partial charge in [-0.1, -0.05) is 54.6 Å². The van der Waals surface area contributed by atoms with Crippen LogP contribution in [-0.2, 0) is 4.79 Å². The highest BCUT2D eigenvalue weighted by Crippen LogP contribution is 2.23. The summed E-state index contributed by atoms with van der Waals surface area (Å²) >= 11 is 0. The van der Waals surface area contributed by atoms with Crippen LogP contribution in [0.2, 0.25) is 0 Å². The fourth-order valence-electron chi connectivity index (χ4n) is 3.63. The van der Waals surface area contributed by atoms with Gasteiger partial charge in [0.15, 0.2) is 5.78 Å². The van der Waals surface area contributed by atoms with Crippen molar-refractivity contribution in [1.82, 2.24) is 9.88 Å². The molecule has 4 nitrogen and oxygen atoms in total. The van der Waals surface area contributed by atoms with E-state index in [1.54, 1.807) is 6.20 Å². The van der Waals surface area contributed by atoms with Gasteiger partial charge in [-0.15, -0.1) is 0 Å². The van der Waals surface area contributed by atoms with Gasteiger partial charge in [0.1, 0.15) is 0 Å². The van der Waals surface area contributed by atoms with Gasteiger partial charge in [-0.2, -0.15) is 0 Å². The number of para-hydroxylation sites is 1. The number of amides is 1. The van der Waals surface area contributed by atoms with Crippen molar-refractivity contribution >= 4 is 28.2 Å². The second-order valence-corrected chi connectivity index (χ2v) is 6.86. The maximum absolute atomic E-state index is 12.5. The number of Topliss-reactive ketones (excluding diaryl/α,β-unsaturated/α-hetero) is 1. The average molecular weight is 358 g/mol. The Kier molecular flexibility index (Phi) is 4.88. The zero-order valence-corrected chi connectivity index (χ0v) is 15.2. The third kappa shape index (κ3) is 3.70. The minimum absolute atomic E-state index is 0.0123. The van der Waals surface area contributed by atoms with E-state index < -0.39 is 0 Å². The Hall–Kier alpha value is -3.14. The zero-order chi connectivity index (χ0) is 18.6. The quantitative estimate of drug-likeness (QED) is 0.685. The average Bonchev–Trinajstić information content (AvgIpc) is 3.17. The Morgan fingerprint density at radius 3 is 2.52 bits per heavy atom. The van der Waals surface area contributed by atoms with Crippen LogP contribution >= 0.6 is 0 Å². The molecule has 1 aliphatic rings. The number of nitrogens with zero attached hydrogens (tertiary/aromatic N) is 1. The van der Waals surface area contributed by atoms with E-state index in [9.17, 15) is 9.59 Å². The number of hydrogen-bond donors (Lipinski definition) is 1. The van der Waals surface area contributed by atoms with Crippen LogP contribution in [0.4, 0.5) is 0 Å². The Balaban J connectivity index is 1.35. The van der Waals surface area contributed by atoms with Crippen LogP contribution < -0.4 is 0 Å². The molecular weight excluding hydrogens is 336 g/mol. The maximum atomic E-state index is 12.5. The van der Waals surface area contributed by atoms with Gasteiger partial charge in [-0.05, 0) is 23.6 Å². The van der Waals surface area contributed by atoms with E-state index in [1.807, 2.05) is 47.4 Å². The van der Waals surface area contributed by atoms with Crippen LogP contribution in [-0.4, -0.2) is 34.7 Å². The second kappa shape index (κ2) is 7.62. The molecule has 0 radical (unpaired) electrons. The lowest BCUT2D eigenvalue weighted by Gasteiger charge is -2.26. The lowest BCUT2D eigenvalue weighted by Crippen LogP contribution is -2.34. The molecule has 4 rings (SSSR count). The number of hydrogen-bond acceptors (Lipinski definition) is 2. The Bertz CT molecular complexity index is 1000. The summed E-state index contributed by atoms with van der Waals surface area (Å²) in [5, 5.41) is 0.920. The van der Waals surface area contributed by atoms with Gasteiger partial charge in [0.2, 0.25) is 5.91 Å². The van der Waals surface area contributed by atoms with Crippen LogP contribution in [0.15, 0.2) is 66.9 Å². The number of aromatic amines is 1. The third-order valence-electron chi connectivity index (χ3n) is 5.16. The first-order valence-corrected chi connectivity index (χ1v) is 9.34. The molecule has 0 unspecified atom stereocenters. The highest BCUT2D eigenvalue weighted by molar-refractivity contribution is 6.08. The number of ketones is 1. The summed E-state index contributed by atoms with van der Waals surface area (Å²) in [5.41, 5.74) is 4.12. The Morgan fingerprint density at radius 1 is 0.963 bits per heavy atom. The molecule has 0 spiro atoms. The molecule has 1 N–H and O–H groups in total. The van der Waals surface area contributed by atoms with Crippen molar-refractivity contribution in [3.8, 4) is 0 Å². The van der Waals surface area contributed by atoms with Crippen LogP contribution in [0.1, 0.15) is 35.2 Å². The SMILES string of the molecule is O=C(CCC(=O)N1CC=C(c2ccccc2)CC1)c1c[nH]c2ccccc12. The van der Waals surface area contributed by atoms with Crippen molar-refractivity contribution in [3.05, 3.63) is 78.0 Å². The fraction of sp³-hybridized carbons (Fsp3) is 0.217. The molecule has 2 heterocycles. The molecule has 0 bridgehead atoms. The van der Waals surface area contributed by atoms with Gasteiger partial charge in [0.25, 0.3) is 0 Å². The smallest absolute Gasteiger partial charge is 0.223 e. The fourth-order valence-corrected chi connectivity index (χ4v) is 3.63. The van der Waals surface area contributed by atoms with Gasteiger partial charge in [0, 0.05) is 48.6 Å². The summed E-state index contributed by atoms with van der Waals surface area (Å²) in [6.07, 6.45) is 5.22. The van der Waals surface area contributed by atoms with Crippen molar-refractivity contribution in [2.75, 3.05) is 13.1 Å². The number of fused-ring (bicyclic) bond motifs is 1. The molecule has 0 saturated heterocycles.